The molecule has 0 heterocycles. The number of halogens is 1. The van der Waals surface area contributed by atoms with Crippen LogP contribution in [0.2, 0.25) is 0 Å². The number of likely N-dealkylation sites (N-methyl/N-ethyl adjacent to an activating group) is 1. The third-order valence-corrected chi connectivity index (χ3v) is 3.22. The second kappa shape index (κ2) is 7.68. The van der Waals surface area contributed by atoms with Crippen LogP contribution in [0.5, 0.6) is 0 Å². The molecule has 0 aromatic heterocycles. The van der Waals surface area contributed by atoms with E-state index in [9.17, 15) is 14.3 Å². The Hall–Kier alpha value is -2.24. The Labute approximate surface area is 129 Å². The van der Waals surface area contributed by atoms with E-state index >= 15 is 0 Å². The van der Waals surface area contributed by atoms with Crippen LogP contribution >= 0.6 is 0 Å². The maximum absolute atomic E-state index is 13.6. The summed E-state index contributed by atoms with van der Waals surface area (Å²) in [6, 6.07) is 15.2. The zero-order valence-corrected chi connectivity index (χ0v) is 12.4. The van der Waals surface area contributed by atoms with Crippen LogP contribution in [0, 0.1) is 5.82 Å². The maximum atomic E-state index is 13.6. The summed E-state index contributed by atoms with van der Waals surface area (Å²) in [6.45, 7) is 0.281. The summed E-state index contributed by atoms with van der Waals surface area (Å²) in [5, 5.41) is 12.8. The van der Waals surface area contributed by atoms with E-state index in [0.29, 0.717) is 0 Å². The molecule has 0 bridgehead atoms. The molecule has 0 spiro atoms. The fourth-order valence-electron chi connectivity index (χ4n) is 2.17. The Morgan fingerprint density at radius 3 is 2.50 bits per heavy atom. The molecule has 2 aromatic carbocycles. The number of aliphatic hydroxyl groups is 1. The monoisotopic (exact) mass is 302 g/mol. The summed E-state index contributed by atoms with van der Waals surface area (Å²) in [5.74, 6) is -0.633. The predicted molar refractivity (Wildman–Crippen MR) is 83.9 cm³/mol. The van der Waals surface area contributed by atoms with E-state index in [1.807, 2.05) is 18.2 Å². The highest BCUT2D eigenvalue weighted by Crippen LogP contribution is 2.17. The molecule has 1 unspecified atom stereocenters. The zero-order chi connectivity index (χ0) is 15.9. The topological polar surface area (TPSA) is 52.6 Å². The Morgan fingerprint density at radius 1 is 1.18 bits per heavy atom. The van der Waals surface area contributed by atoms with Gasteiger partial charge in [-0.3, -0.25) is 9.69 Å². The minimum atomic E-state index is -0.976. The van der Waals surface area contributed by atoms with Gasteiger partial charge in [-0.05, 0) is 25.2 Å². The summed E-state index contributed by atoms with van der Waals surface area (Å²) >= 11 is 0. The van der Waals surface area contributed by atoms with Crippen LogP contribution in [0.4, 0.5) is 10.1 Å². The second-order valence-electron chi connectivity index (χ2n) is 5.15. The van der Waals surface area contributed by atoms with Crippen LogP contribution in [0.15, 0.2) is 54.6 Å². The normalized spacial score (nSPS) is 12.2. The van der Waals surface area contributed by atoms with E-state index < -0.39 is 11.9 Å². The molecule has 0 radical (unpaired) electrons. The number of hydrogen-bond acceptors (Lipinski definition) is 3. The van der Waals surface area contributed by atoms with Gasteiger partial charge in [0.25, 0.3) is 0 Å². The standard InChI is InChI=1S/C17H19FN2O2/c1-20(11-16(21)14-9-5-6-10-15(14)18)12-17(22)19-13-7-3-2-4-8-13/h2-10,16,21H,11-12H2,1H3,(H,19,22). The summed E-state index contributed by atoms with van der Waals surface area (Å²) in [7, 11) is 1.70. The van der Waals surface area contributed by atoms with Gasteiger partial charge in [0.15, 0.2) is 0 Å². The lowest BCUT2D eigenvalue weighted by Crippen LogP contribution is -2.33. The van der Waals surface area contributed by atoms with Gasteiger partial charge in [-0.25, -0.2) is 4.39 Å². The van der Waals surface area contributed by atoms with E-state index in [1.54, 1.807) is 36.2 Å². The van der Waals surface area contributed by atoms with Crippen LogP contribution in [0.3, 0.4) is 0 Å². The molecule has 2 N–H and O–H groups in total. The highest BCUT2D eigenvalue weighted by atomic mass is 19.1. The average Bonchev–Trinajstić information content (AvgIpc) is 2.48. The molecule has 0 aliphatic heterocycles. The number of rotatable bonds is 6. The average molecular weight is 302 g/mol. The Balaban J connectivity index is 1.86. The molecule has 2 rings (SSSR count). The van der Waals surface area contributed by atoms with Crippen molar-refractivity contribution in [3.8, 4) is 0 Å². The van der Waals surface area contributed by atoms with Crippen LogP contribution in [0.1, 0.15) is 11.7 Å². The molecule has 116 valence electrons. The first-order valence-electron chi connectivity index (χ1n) is 7.02. The number of anilines is 1. The summed E-state index contributed by atoms with van der Waals surface area (Å²) in [4.78, 5) is 13.5. The molecule has 5 heteroatoms. The third kappa shape index (κ3) is 4.65. The van der Waals surface area contributed by atoms with Crippen molar-refractivity contribution in [2.75, 3.05) is 25.5 Å². The number of nitrogens with zero attached hydrogens (tertiary/aromatic N) is 1. The van der Waals surface area contributed by atoms with Crippen molar-refractivity contribution >= 4 is 11.6 Å². The molecule has 0 saturated heterocycles. The van der Waals surface area contributed by atoms with Gasteiger partial charge < -0.3 is 10.4 Å². The largest absolute Gasteiger partial charge is 0.387 e. The van der Waals surface area contributed by atoms with Crippen molar-refractivity contribution in [2.24, 2.45) is 0 Å². The summed E-state index contributed by atoms with van der Waals surface area (Å²) < 4.78 is 13.6. The predicted octanol–water partition coefficient (Wildman–Crippen LogP) is 2.43. The molecule has 1 amide bonds. The van der Waals surface area contributed by atoms with E-state index in [4.69, 9.17) is 0 Å². The van der Waals surface area contributed by atoms with Crippen molar-refractivity contribution < 1.29 is 14.3 Å². The third-order valence-electron chi connectivity index (χ3n) is 3.22. The first-order chi connectivity index (χ1) is 10.6. The highest BCUT2D eigenvalue weighted by Gasteiger charge is 2.16. The lowest BCUT2D eigenvalue weighted by molar-refractivity contribution is -0.117. The molecule has 4 nitrogen and oxygen atoms in total. The second-order valence-corrected chi connectivity index (χ2v) is 5.15. The number of aliphatic hydroxyl groups excluding tert-OH is 1. The van der Waals surface area contributed by atoms with Gasteiger partial charge in [0.05, 0.1) is 12.6 Å². The number of hydrogen-bond donors (Lipinski definition) is 2. The Bertz CT molecular complexity index is 619. The minimum Gasteiger partial charge on any atom is -0.387 e. The molecule has 1 atom stereocenters. The lowest BCUT2D eigenvalue weighted by Gasteiger charge is -2.20. The van der Waals surface area contributed by atoms with Crippen molar-refractivity contribution in [3.05, 3.63) is 66.0 Å². The highest BCUT2D eigenvalue weighted by molar-refractivity contribution is 5.92. The Kier molecular flexibility index (Phi) is 5.63. The molecular weight excluding hydrogens is 283 g/mol. The van der Waals surface area contributed by atoms with E-state index in [0.717, 1.165) is 5.69 Å². The van der Waals surface area contributed by atoms with E-state index in [2.05, 4.69) is 5.32 Å². The van der Waals surface area contributed by atoms with Gasteiger partial charge in [-0.1, -0.05) is 36.4 Å². The van der Waals surface area contributed by atoms with Crippen LogP contribution in [-0.2, 0) is 4.79 Å². The molecule has 2 aromatic rings. The SMILES string of the molecule is CN(CC(=O)Nc1ccccc1)CC(O)c1ccccc1F. The van der Waals surface area contributed by atoms with Gasteiger partial charge >= 0.3 is 0 Å². The van der Waals surface area contributed by atoms with Crippen LogP contribution in [0.25, 0.3) is 0 Å². The molecule has 0 aliphatic carbocycles. The van der Waals surface area contributed by atoms with Gasteiger partial charge in [-0.2, -0.15) is 0 Å². The maximum Gasteiger partial charge on any atom is 0.238 e. The molecule has 0 saturated carbocycles. The number of nitrogens with one attached hydrogen (secondary N) is 1. The fourth-order valence-corrected chi connectivity index (χ4v) is 2.17. The number of benzene rings is 2. The van der Waals surface area contributed by atoms with Gasteiger partial charge in [0.2, 0.25) is 5.91 Å². The number of carbonyl (C=O) groups excluding carboxylic acids is 1. The smallest absolute Gasteiger partial charge is 0.238 e. The van der Waals surface area contributed by atoms with Gasteiger partial charge in [0.1, 0.15) is 5.82 Å². The fraction of sp³-hybridized carbons (Fsp3) is 0.235. The van der Waals surface area contributed by atoms with Gasteiger partial charge in [-0.15, -0.1) is 0 Å². The quantitative estimate of drug-likeness (QED) is 0.861. The number of para-hydroxylation sites is 1. The Morgan fingerprint density at radius 2 is 1.82 bits per heavy atom. The number of amides is 1. The molecule has 0 fully saturated rings. The van der Waals surface area contributed by atoms with Crippen LogP contribution < -0.4 is 5.32 Å². The first kappa shape index (κ1) is 16.1. The number of carbonyl (C=O) groups is 1. The zero-order valence-electron chi connectivity index (χ0n) is 12.4. The van der Waals surface area contributed by atoms with E-state index in [-0.39, 0.29) is 24.6 Å². The van der Waals surface area contributed by atoms with Crippen molar-refractivity contribution in [1.82, 2.24) is 4.90 Å². The van der Waals surface area contributed by atoms with E-state index in [1.165, 1.54) is 12.1 Å². The summed E-state index contributed by atoms with van der Waals surface area (Å²) in [5.41, 5.74) is 0.952. The molecule has 22 heavy (non-hydrogen) atoms. The molecular formula is C17H19FN2O2. The van der Waals surface area contributed by atoms with Crippen molar-refractivity contribution in [1.29, 1.82) is 0 Å². The minimum absolute atomic E-state index is 0.112. The van der Waals surface area contributed by atoms with Crippen LogP contribution in [-0.4, -0.2) is 36.1 Å². The van der Waals surface area contributed by atoms with Gasteiger partial charge in [0, 0.05) is 17.8 Å². The molecule has 0 aliphatic rings. The van der Waals surface area contributed by atoms with Crippen molar-refractivity contribution in [3.63, 3.8) is 0 Å². The van der Waals surface area contributed by atoms with Crippen molar-refractivity contribution in [2.45, 2.75) is 6.10 Å². The lowest BCUT2D eigenvalue weighted by atomic mass is 10.1. The summed E-state index contributed by atoms with van der Waals surface area (Å²) in [6.07, 6.45) is -0.976. The first-order valence-corrected chi connectivity index (χ1v) is 7.02.